The van der Waals surface area contributed by atoms with Crippen LogP contribution in [0.25, 0.3) is 11.3 Å². The summed E-state index contributed by atoms with van der Waals surface area (Å²) in [4.78, 5) is 11.3. The van der Waals surface area contributed by atoms with Crippen LogP contribution >= 0.6 is 0 Å². The van der Waals surface area contributed by atoms with Crippen molar-refractivity contribution >= 4 is 5.97 Å². The number of carboxylic acids is 1. The molecule has 0 aromatic carbocycles. The third kappa shape index (κ3) is 3.13. The van der Waals surface area contributed by atoms with Crippen LogP contribution in [-0.2, 0) is 23.9 Å². The second-order valence-electron chi connectivity index (χ2n) is 7.22. The Morgan fingerprint density at radius 3 is 2.70 bits per heavy atom. The minimum Gasteiger partial charge on any atom is -0.475 e. The molecule has 1 unspecified atom stereocenters. The first kappa shape index (κ1) is 18.1. The van der Waals surface area contributed by atoms with E-state index in [-0.39, 0.29) is 29.4 Å². The lowest BCUT2D eigenvalue weighted by Gasteiger charge is -2.21. The Hall–Kier alpha value is -2.29. The van der Waals surface area contributed by atoms with Gasteiger partial charge in [0.25, 0.3) is 0 Å². The number of aromatic carboxylic acids is 1. The maximum atomic E-state index is 13.6. The molecule has 9 heteroatoms. The number of aromatic nitrogens is 2. The largest absolute Gasteiger partial charge is 0.475 e. The first-order valence-electron chi connectivity index (χ1n) is 8.87. The minimum atomic E-state index is -4.84. The average molecular weight is 384 g/mol. The van der Waals surface area contributed by atoms with Crippen molar-refractivity contribution in [1.82, 2.24) is 9.78 Å². The van der Waals surface area contributed by atoms with Gasteiger partial charge in [-0.3, -0.25) is 4.68 Å². The Bertz CT molecular complexity index is 878. The maximum absolute atomic E-state index is 13.6. The van der Waals surface area contributed by atoms with E-state index in [9.17, 15) is 23.1 Å². The van der Waals surface area contributed by atoms with E-state index in [1.165, 1.54) is 0 Å². The number of carbonyl (C=O) groups is 1. The molecule has 0 saturated carbocycles. The number of halogens is 3. The molecule has 4 rings (SSSR count). The number of fused-ring (bicyclic) bond motifs is 3. The van der Waals surface area contributed by atoms with Crippen molar-refractivity contribution in [1.29, 1.82) is 0 Å². The fraction of sp³-hybridized carbons (Fsp3) is 0.556. The summed E-state index contributed by atoms with van der Waals surface area (Å²) in [5, 5.41) is 13.6. The number of carboxylic acid groups (broad SMARTS) is 1. The summed E-state index contributed by atoms with van der Waals surface area (Å²) in [6.07, 6.45) is -1.08. The van der Waals surface area contributed by atoms with Gasteiger partial charge >= 0.3 is 12.1 Å². The Morgan fingerprint density at radius 1 is 1.37 bits per heavy atom. The molecule has 6 nitrogen and oxygen atoms in total. The second kappa shape index (κ2) is 6.40. The predicted octanol–water partition coefficient (Wildman–Crippen LogP) is 3.95. The molecule has 0 radical (unpaired) electrons. The van der Waals surface area contributed by atoms with Gasteiger partial charge in [-0.1, -0.05) is 6.92 Å². The van der Waals surface area contributed by atoms with E-state index in [0.717, 1.165) is 12.8 Å². The molecule has 1 aliphatic heterocycles. The summed E-state index contributed by atoms with van der Waals surface area (Å²) in [6.45, 7) is 3.82. The summed E-state index contributed by atoms with van der Waals surface area (Å²) in [5.74, 6) is -2.50. The topological polar surface area (TPSA) is 77.5 Å². The summed E-state index contributed by atoms with van der Waals surface area (Å²) in [5.41, 5.74) is -0.592. The molecule has 1 N–H and O–H groups in total. The minimum absolute atomic E-state index is 0.0380. The lowest BCUT2D eigenvalue weighted by molar-refractivity contribution is -0.138. The molecule has 1 fully saturated rings. The van der Waals surface area contributed by atoms with Crippen LogP contribution in [0.5, 0.6) is 0 Å². The van der Waals surface area contributed by atoms with Crippen molar-refractivity contribution in [3.8, 4) is 11.3 Å². The van der Waals surface area contributed by atoms with Crippen LogP contribution < -0.4 is 0 Å². The van der Waals surface area contributed by atoms with Gasteiger partial charge in [0, 0.05) is 37.9 Å². The molecular weight excluding hydrogens is 365 g/mol. The average Bonchev–Trinajstić information content (AvgIpc) is 3.17. The summed E-state index contributed by atoms with van der Waals surface area (Å²) in [6, 6.07) is 0. The Kier molecular flexibility index (Phi) is 4.29. The van der Waals surface area contributed by atoms with Crippen molar-refractivity contribution in [2.75, 3.05) is 13.2 Å². The molecule has 1 aliphatic carbocycles. The number of hydrogen-bond donors (Lipinski definition) is 1. The zero-order valence-electron chi connectivity index (χ0n) is 14.7. The van der Waals surface area contributed by atoms with Crippen LogP contribution in [-0.4, -0.2) is 34.1 Å². The lowest BCUT2D eigenvalue weighted by atomic mass is 9.86. The van der Waals surface area contributed by atoms with Gasteiger partial charge in [-0.05, 0) is 24.7 Å². The van der Waals surface area contributed by atoms with E-state index in [1.807, 2.05) is 6.92 Å². The molecule has 2 aliphatic rings. The van der Waals surface area contributed by atoms with Crippen molar-refractivity contribution in [2.45, 2.75) is 44.8 Å². The van der Waals surface area contributed by atoms with Gasteiger partial charge in [0.05, 0.1) is 11.3 Å². The number of alkyl halides is 3. The van der Waals surface area contributed by atoms with E-state index >= 15 is 0 Å². The Balaban J connectivity index is 1.79. The predicted molar refractivity (Wildman–Crippen MR) is 87.6 cm³/mol. The van der Waals surface area contributed by atoms with Crippen LogP contribution in [0.15, 0.2) is 10.6 Å². The van der Waals surface area contributed by atoms with Gasteiger partial charge < -0.3 is 14.3 Å². The first-order chi connectivity index (χ1) is 12.8. The van der Waals surface area contributed by atoms with E-state index < -0.39 is 23.5 Å². The third-order valence-corrected chi connectivity index (χ3v) is 5.29. The number of ether oxygens (including phenoxy) is 1. The van der Waals surface area contributed by atoms with Crippen LogP contribution in [0.2, 0.25) is 0 Å². The third-order valence-electron chi connectivity index (χ3n) is 5.29. The zero-order chi connectivity index (χ0) is 19.3. The summed E-state index contributed by atoms with van der Waals surface area (Å²) >= 11 is 0. The van der Waals surface area contributed by atoms with Crippen LogP contribution in [0, 0.1) is 5.92 Å². The Morgan fingerprint density at radius 2 is 2.07 bits per heavy atom. The van der Waals surface area contributed by atoms with Crippen molar-refractivity contribution in [3.05, 3.63) is 28.8 Å². The van der Waals surface area contributed by atoms with Crippen molar-refractivity contribution < 1.29 is 32.2 Å². The second-order valence-corrected chi connectivity index (χ2v) is 7.22. The number of hydrogen-bond acceptors (Lipinski definition) is 4. The van der Waals surface area contributed by atoms with Crippen molar-refractivity contribution in [3.63, 3.8) is 0 Å². The molecule has 2 aromatic heterocycles. The summed E-state index contributed by atoms with van der Waals surface area (Å²) in [7, 11) is 0. The standard InChI is InChI=1S/C18H19F3N2O4/c1-9-6-12-13(14(18(19,20)21)16(27-12)17(24)25)15-11(9)8-23(22-15)7-10-2-4-26-5-3-10/h8-10H,2-7H2,1H3,(H,24,25). The molecular formula is C18H19F3N2O4. The SMILES string of the molecule is CC1Cc2oc(C(=O)O)c(C(F)(F)F)c2-c2nn(CC3CCOCC3)cc21. The number of rotatable bonds is 3. The molecule has 0 spiro atoms. The van der Waals surface area contributed by atoms with Gasteiger partial charge in [-0.2, -0.15) is 18.3 Å². The molecule has 0 bridgehead atoms. The van der Waals surface area contributed by atoms with E-state index in [0.29, 0.717) is 31.2 Å². The van der Waals surface area contributed by atoms with Gasteiger partial charge in [0.1, 0.15) is 11.3 Å². The maximum Gasteiger partial charge on any atom is 0.421 e. The first-order valence-corrected chi connectivity index (χ1v) is 8.87. The van der Waals surface area contributed by atoms with Gasteiger partial charge in [0.15, 0.2) is 0 Å². The molecule has 1 saturated heterocycles. The highest BCUT2D eigenvalue weighted by Gasteiger charge is 2.46. The number of nitrogens with zero attached hydrogens (tertiary/aromatic N) is 2. The monoisotopic (exact) mass is 384 g/mol. The molecule has 0 amide bonds. The number of furan rings is 1. The fourth-order valence-electron chi connectivity index (χ4n) is 3.96. The van der Waals surface area contributed by atoms with Gasteiger partial charge in [0.2, 0.25) is 5.76 Å². The molecule has 146 valence electrons. The quantitative estimate of drug-likeness (QED) is 0.867. The summed E-state index contributed by atoms with van der Waals surface area (Å²) < 4.78 is 53.0. The fourth-order valence-corrected chi connectivity index (χ4v) is 3.96. The molecule has 1 atom stereocenters. The zero-order valence-corrected chi connectivity index (χ0v) is 14.7. The van der Waals surface area contributed by atoms with Crippen LogP contribution in [0.1, 0.15) is 53.1 Å². The highest BCUT2D eigenvalue weighted by atomic mass is 19.4. The molecule has 27 heavy (non-hydrogen) atoms. The van der Waals surface area contributed by atoms with Gasteiger partial charge in [-0.25, -0.2) is 4.79 Å². The molecule has 2 aromatic rings. The Labute approximate surface area is 152 Å². The normalized spacial score (nSPS) is 20.4. The van der Waals surface area contributed by atoms with E-state index in [4.69, 9.17) is 9.15 Å². The van der Waals surface area contributed by atoms with Crippen molar-refractivity contribution in [2.24, 2.45) is 5.92 Å². The molecule has 3 heterocycles. The highest BCUT2D eigenvalue weighted by Crippen LogP contribution is 2.48. The highest BCUT2D eigenvalue weighted by molar-refractivity contribution is 5.91. The smallest absolute Gasteiger partial charge is 0.421 e. The van der Waals surface area contributed by atoms with E-state index in [2.05, 4.69) is 5.10 Å². The van der Waals surface area contributed by atoms with Crippen LogP contribution in [0.4, 0.5) is 13.2 Å². The van der Waals surface area contributed by atoms with Crippen LogP contribution in [0.3, 0.4) is 0 Å². The van der Waals surface area contributed by atoms with Gasteiger partial charge in [-0.15, -0.1) is 0 Å². The lowest BCUT2D eigenvalue weighted by Crippen LogP contribution is -2.20. The van der Waals surface area contributed by atoms with E-state index in [1.54, 1.807) is 10.9 Å².